The van der Waals surface area contributed by atoms with E-state index >= 15 is 0 Å². The van der Waals surface area contributed by atoms with Crippen LogP contribution in [0.5, 0.6) is 0 Å². The fourth-order valence-corrected chi connectivity index (χ4v) is 6.20. The summed E-state index contributed by atoms with van der Waals surface area (Å²) in [4.78, 5) is 35.0. The van der Waals surface area contributed by atoms with Gasteiger partial charge in [-0.1, -0.05) is 19.3 Å². The smallest absolute Gasteiger partial charge is 0.303 e. The Bertz CT molecular complexity index is 751. The van der Waals surface area contributed by atoms with Crippen LogP contribution in [0.1, 0.15) is 52.9 Å². The van der Waals surface area contributed by atoms with E-state index in [1.165, 1.54) is 32.5 Å². The Kier molecular flexibility index (Phi) is 9.59. The Hall–Kier alpha value is -1.37. The van der Waals surface area contributed by atoms with Crippen LogP contribution in [0.4, 0.5) is 0 Å². The molecule has 1 N–H and O–H groups in total. The summed E-state index contributed by atoms with van der Waals surface area (Å²) in [5.74, 6) is -1.89. The highest BCUT2D eigenvalue weighted by Gasteiger charge is 2.51. The molecule has 0 spiro atoms. The van der Waals surface area contributed by atoms with Crippen molar-refractivity contribution in [1.29, 1.82) is 0 Å². The molecule has 0 radical (unpaired) electrons. The van der Waals surface area contributed by atoms with Crippen LogP contribution in [0.2, 0.25) is 0 Å². The van der Waals surface area contributed by atoms with E-state index in [0.717, 1.165) is 38.4 Å². The predicted octanol–water partition coefficient (Wildman–Crippen LogP) is 1.12. The number of carbonyl (C=O) groups excluding carboxylic acids is 3. The minimum Gasteiger partial charge on any atom is -0.463 e. The van der Waals surface area contributed by atoms with Crippen molar-refractivity contribution < 1.29 is 41.7 Å². The minimum atomic E-state index is -3.72. The number of ether oxygens (including phenoxy) is 4. The van der Waals surface area contributed by atoms with Crippen LogP contribution in [0, 0.1) is 0 Å². The van der Waals surface area contributed by atoms with Gasteiger partial charge in [-0.15, -0.1) is 11.8 Å². The summed E-state index contributed by atoms with van der Waals surface area (Å²) in [5.41, 5.74) is -0.741. The van der Waals surface area contributed by atoms with Crippen molar-refractivity contribution in [3.05, 3.63) is 0 Å². The van der Waals surface area contributed by atoms with Gasteiger partial charge in [-0.25, -0.2) is 13.1 Å². The van der Waals surface area contributed by atoms with Crippen molar-refractivity contribution in [3.63, 3.8) is 0 Å². The molecule has 12 heteroatoms. The molecule has 0 amide bonds. The van der Waals surface area contributed by atoms with E-state index in [-0.39, 0.29) is 11.9 Å². The van der Waals surface area contributed by atoms with Gasteiger partial charge in [0.1, 0.15) is 18.1 Å². The van der Waals surface area contributed by atoms with Gasteiger partial charge in [-0.05, 0) is 12.8 Å². The molecular weight excluding hydrogens is 450 g/mol. The number of nitrogens with one attached hydrogen (secondary N) is 1. The number of esters is 3. The Morgan fingerprint density at radius 2 is 1.55 bits per heavy atom. The van der Waals surface area contributed by atoms with E-state index in [0.29, 0.717) is 0 Å². The highest BCUT2D eigenvalue weighted by atomic mass is 32.2. The first-order valence-electron chi connectivity index (χ1n) is 10.2. The quantitative estimate of drug-likeness (QED) is 0.397. The molecule has 0 bridgehead atoms. The highest BCUT2D eigenvalue weighted by Crippen LogP contribution is 2.38. The second kappa shape index (κ2) is 11.5. The second-order valence-corrected chi connectivity index (χ2v) is 11.0. The topological polar surface area (TPSA) is 134 Å². The third-order valence-corrected chi connectivity index (χ3v) is 7.16. The molecule has 10 nitrogen and oxygen atoms in total. The number of rotatable bonds is 8. The van der Waals surface area contributed by atoms with Crippen LogP contribution in [0.25, 0.3) is 0 Å². The molecule has 31 heavy (non-hydrogen) atoms. The van der Waals surface area contributed by atoms with Gasteiger partial charge in [0.2, 0.25) is 10.0 Å². The van der Waals surface area contributed by atoms with Gasteiger partial charge in [0.25, 0.3) is 0 Å². The first-order chi connectivity index (χ1) is 14.5. The van der Waals surface area contributed by atoms with Crippen molar-refractivity contribution in [3.8, 4) is 0 Å². The number of thioether (sulfide) groups is 1. The normalized spacial score (nSPS) is 29.7. The Morgan fingerprint density at radius 3 is 2.06 bits per heavy atom. The van der Waals surface area contributed by atoms with Crippen LogP contribution in [0.3, 0.4) is 0 Å². The monoisotopic (exact) mass is 481 g/mol. The highest BCUT2D eigenvalue weighted by molar-refractivity contribution is 8.00. The molecule has 0 aromatic heterocycles. The zero-order valence-electron chi connectivity index (χ0n) is 18.2. The van der Waals surface area contributed by atoms with Crippen LogP contribution < -0.4 is 4.72 Å². The molecule has 2 rings (SSSR count). The second-order valence-electron chi connectivity index (χ2n) is 7.81. The van der Waals surface area contributed by atoms with E-state index in [1.54, 1.807) is 0 Å². The summed E-state index contributed by atoms with van der Waals surface area (Å²) < 4.78 is 48.7. The largest absolute Gasteiger partial charge is 0.463 e. The van der Waals surface area contributed by atoms with Crippen molar-refractivity contribution in [2.45, 2.75) is 87.9 Å². The van der Waals surface area contributed by atoms with Gasteiger partial charge < -0.3 is 18.9 Å². The van der Waals surface area contributed by atoms with E-state index in [2.05, 4.69) is 4.72 Å². The molecule has 1 aliphatic carbocycles. The van der Waals surface area contributed by atoms with E-state index in [9.17, 15) is 22.8 Å². The molecule has 1 saturated heterocycles. The molecule has 0 aromatic rings. The lowest BCUT2D eigenvalue weighted by atomic mass is 9.98. The van der Waals surface area contributed by atoms with Crippen molar-refractivity contribution in [2.24, 2.45) is 0 Å². The zero-order chi connectivity index (χ0) is 23.2. The lowest BCUT2D eigenvalue weighted by Gasteiger charge is -2.45. The van der Waals surface area contributed by atoms with Crippen molar-refractivity contribution >= 4 is 39.7 Å². The average molecular weight is 482 g/mol. The predicted molar refractivity (Wildman–Crippen MR) is 113 cm³/mol. The maximum Gasteiger partial charge on any atom is 0.303 e. The minimum absolute atomic E-state index is 0.236. The third-order valence-electron chi connectivity index (χ3n) is 4.93. The molecule has 178 valence electrons. The van der Waals surface area contributed by atoms with Crippen LogP contribution in [0.15, 0.2) is 0 Å². The summed E-state index contributed by atoms with van der Waals surface area (Å²) in [6.07, 6.45) is 2.92. The zero-order valence-corrected chi connectivity index (χ0v) is 19.8. The molecule has 0 aromatic carbocycles. The molecule has 1 saturated carbocycles. The first-order valence-corrected chi connectivity index (χ1v) is 13.1. The first kappa shape index (κ1) is 25.9. The van der Waals surface area contributed by atoms with Crippen LogP contribution >= 0.6 is 11.8 Å². The van der Waals surface area contributed by atoms with Gasteiger partial charge in [-0.3, -0.25) is 14.4 Å². The number of hydrogen-bond acceptors (Lipinski definition) is 10. The average Bonchev–Trinajstić information content (AvgIpc) is 2.64. The molecule has 0 unspecified atom stereocenters. The molecule has 1 aliphatic heterocycles. The van der Waals surface area contributed by atoms with E-state index in [4.69, 9.17) is 18.9 Å². The van der Waals surface area contributed by atoms with Gasteiger partial charge in [0.15, 0.2) is 12.2 Å². The summed E-state index contributed by atoms with van der Waals surface area (Å²) in [7, 11) is -3.72. The Morgan fingerprint density at radius 1 is 0.968 bits per heavy atom. The molecule has 1 heterocycles. The number of carbonyl (C=O) groups is 3. The maximum atomic E-state index is 12.1. The fraction of sp³-hybridized carbons (Fsp3) is 0.842. The third kappa shape index (κ3) is 8.59. The fourth-order valence-electron chi connectivity index (χ4n) is 3.78. The van der Waals surface area contributed by atoms with Gasteiger partial charge in [0.05, 0.1) is 12.3 Å². The lowest BCUT2D eigenvalue weighted by molar-refractivity contribution is -0.210. The van der Waals surface area contributed by atoms with E-state index < -0.39 is 57.7 Å². The van der Waals surface area contributed by atoms with E-state index in [1.807, 2.05) is 0 Å². The summed E-state index contributed by atoms with van der Waals surface area (Å²) >= 11 is 1.46. The molecule has 2 aliphatic rings. The standard InChI is InChI=1S/C19H31NO9S2/c1-11(21)26-10-15-17(27-12(2)22)18(28-13(3)23)16(20-31(4,24)25)19(29-15)30-14-8-6-5-7-9-14/h14-20H,5-10H2,1-4H3/t15-,16-,17-,18-,19-/m1/s1. The molecule has 2 fully saturated rings. The summed E-state index contributed by atoms with van der Waals surface area (Å²) in [5, 5.41) is 0.236. The van der Waals surface area contributed by atoms with Crippen LogP contribution in [-0.4, -0.2) is 74.2 Å². The molecular formula is C19H31NO9S2. The Balaban J connectivity index is 2.40. The van der Waals surface area contributed by atoms with Gasteiger partial charge in [-0.2, -0.15) is 0 Å². The van der Waals surface area contributed by atoms with Crippen LogP contribution in [-0.2, 0) is 43.4 Å². The summed E-state index contributed by atoms with van der Waals surface area (Å²) in [6.45, 7) is 3.35. The SMILES string of the molecule is CC(=O)OC[C@H]1O[C@H](SC2CCCCC2)[C@H](NS(C)(=O)=O)[C@@H](OC(C)=O)[C@@H]1OC(C)=O. The molecule has 5 atom stereocenters. The number of sulfonamides is 1. The van der Waals surface area contributed by atoms with Crippen molar-refractivity contribution in [1.82, 2.24) is 4.72 Å². The Labute approximate surface area is 187 Å². The van der Waals surface area contributed by atoms with Gasteiger partial charge >= 0.3 is 17.9 Å². The lowest BCUT2D eigenvalue weighted by Crippen LogP contribution is -2.65. The van der Waals surface area contributed by atoms with Gasteiger partial charge in [0, 0.05) is 26.0 Å². The summed E-state index contributed by atoms with van der Waals surface area (Å²) in [6, 6.07) is -0.997. The maximum absolute atomic E-state index is 12.1. The van der Waals surface area contributed by atoms with Crippen molar-refractivity contribution in [2.75, 3.05) is 12.9 Å². The number of hydrogen-bond donors (Lipinski definition) is 1.